The molecule has 1 fully saturated rings. The van der Waals surface area contributed by atoms with Gasteiger partial charge in [-0.2, -0.15) is 0 Å². The quantitative estimate of drug-likeness (QED) is 0.302. The number of aryl methyl sites for hydroxylation is 1. The molecule has 0 radical (unpaired) electrons. The van der Waals surface area contributed by atoms with Crippen LogP contribution < -0.4 is 11.1 Å². The molecule has 10 heteroatoms. The van der Waals surface area contributed by atoms with Gasteiger partial charge in [-0.05, 0) is 37.5 Å². The van der Waals surface area contributed by atoms with E-state index in [1.807, 2.05) is 6.92 Å². The van der Waals surface area contributed by atoms with E-state index in [9.17, 15) is 22.8 Å². The molecule has 2 aromatic carbocycles. The van der Waals surface area contributed by atoms with E-state index in [0.717, 1.165) is 11.1 Å². The number of nitrogens with zero attached hydrogens (tertiary/aromatic N) is 1. The van der Waals surface area contributed by atoms with Gasteiger partial charge in [0.2, 0.25) is 11.8 Å². The highest BCUT2D eigenvalue weighted by atomic mass is 32.2. The molecular weight excluding hydrogens is 492 g/mol. The van der Waals surface area contributed by atoms with Crippen LogP contribution in [0.25, 0.3) is 0 Å². The molecule has 4 N–H and O–H groups in total. The molecule has 3 rings (SSSR count). The van der Waals surface area contributed by atoms with Gasteiger partial charge in [0.1, 0.15) is 17.7 Å². The van der Waals surface area contributed by atoms with Gasteiger partial charge in [0.25, 0.3) is 0 Å². The SMILES string of the molecule is CCC(=O)C[C@H](CS(=O)(=O)c1ccc(C)cc1)C(=O)N1CCC[C@H]1C(=O)NCc1ccc(C(=N)N)cc1. The molecule has 0 saturated carbocycles. The normalized spacial score (nSPS) is 16.3. The number of nitrogen functional groups attached to an aromatic ring is 1. The number of nitrogens with two attached hydrogens (primary N) is 1. The zero-order valence-corrected chi connectivity index (χ0v) is 22.0. The Morgan fingerprint density at radius 3 is 2.35 bits per heavy atom. The number of likely N-dealkylation sites (tertiary alicyclic amines) is 1. The monoisotopic (exact) mass is 526 g/mol. The van der Waals surface area contributed by atoms with Crippen LogP contribution in [0.1, 0.15) is 49.3 Å². The van der Waals surface area contributed by atoms with E-state index in [2.05, 4.69) is 5.32 Å². The molecule has 9 nitrogen and oxygen atoms in total. The molecule has 37 heavy (non-hydrogen) atoms. The number of hydrogen-bond acceptors (Lipinski definition) is 6. The molecule has 2 aromatic rings. The molecule has 2 amide bonds. The number of Topliss-reactive ketones (excluding diaryl/α,β-unsaturated/α-hetero) is 1. The van der Waals surface area contributed by atoms with Gasteiger partial charge in [0.15, 0.2) is 9.84 Å². The molecule has 0 aliphatic carbocycles. The Bertz CT molecular complexity index is 1260. The van der Waals surface area contributed by atoms with Crippen LogP contribution in [0.4, 0.5) is 0 Å². The lowest BCUT2D eigenvalue weighted by Gasteiger charge is -2.28. The molecular formula is C27H34N4O5S. The van der Waals surface area contributed by atoms with Crippen molar-refractivity contribution in [1.29, 1.82) is 5.41 Å². The fourth-order valence-corrected chi connectivity index (χ4v) is 5.92. The molecule has 1 aliphatic heterocycles. The zero-order valence-electron chi connectivity index (χ0n) is 21.2. The largest absolute Gasteiger partial charge is 0.384 e. The number of amidine groups is 1. The van der Waals surface area contributed by atoms with Gasteiger partial charge < -0.3 is 16.0 Å². The molecule has 1 heterocycles. The molecule has 198 valence electrons. The summed E-state index contributed by atoms with van der Waals surface area (Å²) in [5, 5.41) is 10.3. The molecule has 1 aliphatic rings. The molecule has 2 atom stereocenters. The first kappa shape index (κ1) is 28.0. The Morgan fingerprint density at radius 2 is 1.76 bits per heavy atom. The minimum Gasteiger partial charge on any atom is -0.384 e. The Kier molecular flexibility index (Phi) is 9.20. The fraction of sp³-hybridized carbons (Fsp3) is 0.407. The first-order valence-corrected chi connectivity index (χ1v) is 14.0. The summed E-state index contributed by atoms with van der Waals surface area (Å²) < 4.78 is 26.2. The van der Waals surface area contributed by atoms with Crippen molar-refractivity contribution in [3.63, 3.8) is 0 Å². The summed E-state index contributed by atoms with van der Waals surface area (Å²) in [7, 11) is -3.82. The average molecular weight is 527 g/mol. The third kappa shape index (κ3) is 7.25. The van der Waals surface area contributed by atoms with Crippen LogP contribution in [0, 0.1) is 18.3 Å². The molecule has 0 aromatic heterocycles. The number of carbonyl (C=O) groups excluding carboxylic acids is 3. The lowest BCUT2D eigenvalue weighted by atomic mass is 10.0. The predicted octanol–water partition coefficient (Wildman–Crippen LogP) is 2.35. The summed E-state index contributed by atoms with van der Waals surface area (Å²) in [6.45, 7) is 4.08. The van der Waals surface area contributed by atoms with E-state index in [-0.39, 0.29) is 41.8 Å². The molecule has 0 unspecified atom stereocenters. The highest BCUT2D eigenvalue weighted by molar-refractivity contribution is 7.91. The highest BCUT2D eigenvalue weighted by Gasteiger charge is 2.39. The van der Waals surface area contributed by atoms with E-state index in [0.29, 0.717) is 24.9 Å². The third-order valence-corrected chi connectivity index (χ3v) is 8.42. The van der Waals surface area contributed by atoms with Gasteiger partial charge in [-0.25, -0.2) is 8.42 Å². The van der Waals surface area contributed by atoms with E-state index < -0.39 is 33.5 Å². The third-order valence-electron chi connectivity index (χ3n) is 6.59. The summed E-state index contributed by atoms with van der Waals surface area (Å²) in [6.07, 6.45) is 1.07. The summed E-state index contributed by atoms with van der Waals surface area (Å²) in [5.74, 6) is -2.62. The van der Waals surface area contributed by atoms with Gasteiger partial charge in [-0.1, -0.05) is 48.9 Å². The first-order chi connectivity index (χ1) is 17.5. The number of carbonyl (C=O) groups is 3. The minimum absolute atomic E-state index is 0.0452. The number of rotatable bonds is 11. The van der Waals surface area contributed by atoms with Crippen molar-refractivity contribution in [3.05, 3.63) is 65.2 Å². The second kappa shape index (κ2) is 12.1. The second-order valence-corrected chi connectivity index (χ2v) is 11.4. The Balaban J connectivity index is 1.73. The number of ketones is 1. The topological polar surface area (TPSA) is 150 Å². The Labute approximate surface area is 217 Å². The maximum Gasteiger partial charge on any atom is 0.243 e. The fourth-order valence-electron chi connectivity index (χ4n) is 4.39. The van der Waals surface area contributed by atoms with Crippen LogP contribution in [-0.2, 0) is 30.8 Å². The van der Waals surface area contributed by atoms with Crippen molar-refractivity contribution in [2.45, 2.75) is 57.0 Å². The van der Waals surface area contributed by atoms with E-state index in [1.165, 1.54) is 17.0 Å². The zero-order chi connectivity index (χ0) is 27.2. The van der Waals surface area contributed by atoms with Gasteiger partial charge in [0, 0.05) is 31.5 Å². The van der Waals surface area contributed by atoms with Gasteiger partial charge >= 0.3 is 0 Å². The Morgan fingerprint density at radius 1 is 1.11 bits per heavy atom. The summed E-state index contributed by atoms with van der Waals surface area (Å²) >= 11 is 0. The van der Waals surface area contributed by atoms with Crippen LogP contribution in [-0.4, -0.2) is 55.1 Å². The van der Waals surface area contributed by atoms with E-state index in [1.54, 1.807) is 43.3 Å². The van der Waals surface area contributed by atoms with Crippen molar-refractivity contribution >= 4 is 33.3 Å². The lowest BCUT2D eigenvalue weighted by Crippen LogP contribution is -2.49. The average Bonchev–Trinajstić information content (AvgIpc) is 3.37. The van der Waals surface area contributed by atoms with Gasteiger partial charge in [-0.3, -0.25) is 19.8 Å². The lowest BCUT2D eigenvalue weighted by molar-refractivity contribution is -0.142. The number of sulfone groups is 1. The van der Waals surface area contributed by atoms with Crippen molar-refractivity contribution < 1.29 is 22.8 Å². The van der Waals surface area contributed by atoms with Crippen LogP contribution >= 0.6 is 0 Å². The maximum atomic E-state index is 13.5. The number of hydrogen-bond donors (Lipinski definition) is 3. The summed E-state index contributed by atoms with van der Waals surface area (Å²) in [5.41, 5.74) is 7.77. The van der Waals surface area contributed by atoms with E-state index >= 15 is 0 Å². The van der Waals surface area contributed by atoms with Crippen LogP contribution in [0.15, 0.2) is 53.4 Å². The molecule has 1 saturated heterocycles. The first-order valence-electron chi connectivity index (χ1n) is 12.3. The van der Waals surface area contributed by atoms with E-state index in [4.69, 9.17) is 11.1 Å². The number of nitrogens with one attached hydrogen (secondary N) is 2. The van der Waals surface area contributed by atoms with Gasteiger partial charge in [0.05, 0.1) is 16.6 Å². The maximum absolute atomic E-state index is 13.5. The minimum atomic E-state index is -3.82. The van der Waals surface area contributed by atoms with Crippen LogP contribution in [0.3, 0.4) is 0 Å². The van der Waals surface area contributed by atoms with Crippen LogP contribution in [0.5, 0.6) is 0 Å². The summed E-state index contributed by atoms with van der Waals surface area (Å²) in [4.78, 5) is 40.4. The summed E-state index contributed by atoms with van der Waals surface area (Å²) in [6, 6.07) is 12.6. The van der Waals surface area contributed by atoms with Crippen molar-refractivity contribution in [1.82, 2.24) is 10.2 Å². The smallest absolute Gasteiger partial charge is 0.243 e. The number of amides is 2. The van der Waals surface area contributed by atoms with Gasteiger partial charge in [-0.15, -0.1) is 0 Å². The molecule has 0 bridgehead atoms. The van der Waals surface area contributed by atoms with Crippen LogP contribution in [0.2, 0.25) is 0 Å². The van der Waals surface area contributed by atoms with Crippen molar-refractivity contribution in [2.24, 2.45) is 11.7 Å². The molecule has 0 spiro atoms. The Hall–Kier alpha value is -3.53. The number of benzene rings is 2. The predicted molar refractivity (Wildman–Crippen MR) is 141 cm³/mol. The van der Waals surface area contributed by atoms with Crippen molar-refractivity contribution in [3.8, 4) is 0 Å². The second-order valence-electron chi connectivity index (χ2n) is 9.41. The van der Waals surface area contributed by atoms with Crippen molar-refractivity contribution in [2.75, 3.05) is 12.3 Å². The highest BCUT2D eigenvalue weighted by Crippen LogP contribution is 2.25. The standard InChI is InChI=1S/C27H34N4O5S/c1-3-22(32)15-21(17-37(35,36)23-12-6-18(2)7-13-23)27(34)31-14-4-5-24(31)26(33)30-16-19-8-10-20(11-9-19)25(28)29/h6-13,21,24H,3-5,14-17H2,1-2H3,(H3,28,29)(H,30,33)/t21-,24+/m1/s1.